The van der Waals surface area contributed by atoms with Crippen LogP contribution in [-0.2, 0) is 33.4 Å². The van der Waals surface area contributed by atoms with Crippen molar-refractivity contribution in [1.29, 1.82) is 0 Å². The van der Waals surface area contributed by atoms with Crippen molar-refractivity contribution >= 4 is 23.8 Å². The number of hydrogen-bond donors (Lipinski definition) is 2. The lowest BCUT2D eigenvalue weighted by Gasteiger charge is -2.34. The highest BCUT2D eigenvalue weighted by Crippen LogP contribution is 2.11. The Kier molecular flexibility index (Phi) is 14.6. The number of carbonyl (C=O) groups excluding carboxylic acids is 4. The first-order chi connectivity index (χ1) is 18.7. The molecule has 0 atom stereocenters. The number of hydrogen-bond acceptors (Lipinski definition) is 12. The fourth-order valence-electron chi connectivity index (χ4n) is 4.13. The van der Waals surface area contributed by atoms with E-state index in [4.69, 9.17) is 20.1 Å². The maximum absolute atomic E-state index is 12.7. The van der Waals surface area contributed by atoms with Crippen molar-refractivity contribution in [3.05, 3.63) is 0 Å². The van der Waals surface area contributed by atoms with Crippen LogP contribution in [0.15, 0.2) is 0 Å². The van der Waals surface area contributed by atoms with Gasteiger partial charge in [0.05, 0.1) is 26.2 Å². The molecular formula is C28H54N6O7. The zero-order valence-electron chi connectivity index (χ0n) is 26.7. The van der Waals surface area contributed by atoms with E-state index in [1.165, 1.54) is 0 Å². The second-order valence-electron chi connectivity index (χ2n) is 13.4. The molecule has 1 aliphatic heterocycles. The molecule has 41 heavy (non-hydrogen) atoms. The summed E-state index contributed by atoms with van der Waals surface area (Å²) in [5, 5.41) is 0. The molecule has 1 amide bonds. The van der Waals surface area contributed by atoms with Crippen molar-refractivity contribution in [1.82, 2.24) is 25.0 Å². The molecule has 0 aliphatic carbocycles. The Morgan fingerprint density at radius 1 is 0.512 bits per heavy atom. The van der Waals surface area contributed by atoms with Crippen LogP contribution in [0.5, 0.6) is 0 Å². The van der Waals surface area contributed by atoms with E-state index in [9.17, 15) is 19.2 Å². The predicted octanol–water partition coefficient (Wildman–Crippen LogP) is 0.223. The summed E-state index contributed by atoms with van der Waals surface area (Å²) < 4.78 is 16.6. The number of amides is 1. The summed E-state index contributed by atoms with van der Waals surface area (Å²) in [4.78, 5) is 58.0. The van der Waals surface area contributed by atoms with Crippen LogP contribution in [0.25, 0.3) is 0 Å². The molecule has 238 valence electrons. The number of nitrogens with one attached hydrogen (secondary N) is 1. The van der Waals surface area contributed by atoms with Gasteiger partial charge in [-0.1, -0.05) is 0 Å². The summed E-state index contributed by atoms with van der Waals surface area (Å²) in [6.07, 6.45) is 0. The van der Waals surface area contributed by atoms with Gasteiger partial charge in [-0.15, -0.1) is 0 Å². The lowest BCUT2D eigenvalue weighted by molar-refractivity contribution is -0.158. The molecule has 0 spiro atoms. The Morgan fingerprint density at radius 2 is 0.732 bits per heavy atom. The van der Waals surface area contributed by atoms with Crippen LogP contribution in [0.1, 0.15) is 62.3 Å². The van der Waals surface area contributed by atoms with Crippen LogP contribution in [0.2, 0.25) is 0 Å². The predicted molar refractivity (Wildman–Crippen MR) is 156 cm³/mol. The zero-order valence-corrected chi connectivity index (χ0v) is 26.7. The molecule has 13 heteroatoms. The van der Waals surface area contributed by atoms with Gasteiger partial charge in [-0.3, -0.25) is 44.2 Å². The van der Waals surface area contributed by atoms with E-state index in [1.54, 1.807) is 0 Å². The largest absolute Gasteiger partial charge is 0.459 e. The summed E-state index contributed by atoms with van der Waals surface area (Å²) in [6, 6.07) is 0. The maximum atomic E-state index is 12.7. The Labute approximate surface area is 245 Å². The van der Waals surface area contributed by atoms with Crippen LogP contribution < -0.4 is 11.3 Å². The SMILES string of the molecule is CC(C)(C)OC(=O)CN1CCN(CC(=O)NN)CCN(CC(=O)OC(C)(C)C)CCN(CC(=O)OC(C)(C)C)CC1. The van der Waals surface area contributed by atoms with Gasteiger partial charge in [0.25, 0.3) is 0 Å². The van der Waals surface area contributed by atoms with Crippen LogP contribution in [0.4, 0.5) is 0 Å². The van der Waals surface area contributed by atoms with Gasteiger partial charge in [-0.2, -0.15) is 0 Å². The molecule has 1 saturated heterocycles. The average Bonchev–Trinajstić information content (AvgIpc) is 2.76. The molecule has 0 unspecified atom stereocenters. The Bertz CT molecular complexity index is 817. The third-order valence-corrected chi connectivity index (χ3v) is 5.78. The molecule has 0 bridgehead atoms. The lowest BCUT2D eigenvalue weighted by Crippen LogP contribution is -2.51. The van der Waals surface area contributed by atoms with E-state index in [2.05, 4.69) is 5.43 Å². The number of nitrogens with two attached hydrogens (primary N) is 1. The van der Waals surface area contributed by atoms with E-state index >= 15 is 0 Å². The van der Waals surface area contributed by atoms with Gasteiger partial charge < -0.3 is 14.2 Å². The van der Waals surface area contributed by atoms with Gasteiger partial charge in [0, 0.05) is 52.4 Å². The second kappa shape index (κ2) is 16.4. The van der Waals surface area contributed by atoms with Gasteiger partial charge in [0.2, 0.25) is 5.91 Å². The standard InChI is InChI=1S/C28H54N6O7/c1-26(2,3)39-23(36)19-32-12-10-31(18-22(35)30-29)11-13-33(20-24(37)40-27(4,5)6)15-17-34(16-14-32)21-25(38)41-28(7,8)9/h10-21,29H2,1-9H3,(H,30,35). The summed E-state index contributed by atoms with van der Waals surface area (Å²) in [7, 11) is 0. The minimum atomic E-state index is -0.617. The molecule has 1 heterocycles. The van der Waals surface area contributed by atoms with Crippen molar-refractivity contribution < 1.29 is 33.4 Å². The molecule has 0 aromatic carbocycles. The third kappa shape index (κ3) is 18.7. The molecule has 0 saturated carbocycles. The molecule has 3 N–H and O–H groups in total. The molecule has 1 aliphatic rings. The van der Waals surface area contributed by atoms with E-state index in [0.717, 1.165) is 0 Å². The molecule has 13 nitrogen and oxygen atoms in total. The van der Waals surface area contributed by atoms with Crippen molar-refractivity contribution in [3.63, 3.8) is 0 Å². The van der Waals surface area contributed by atoms with Crippen LogP contribution >= 0.6 is 0 Å². The van der Waals surface area contributed by atoms with E-state index in [-0.39, 0.29) is 50.0 Å². The van der Waals surface area contributed by atoms with Gasteiger partial charge in [-0.25, -0.2) is 5.84 Å². The summed E-state index contributed by atoms with van der Waals surface area (Å²) >= 11 is 0. The highest BCUT2D eigenvalue weighted by atomic mass is 16.6. The number of ether oxygens (including phenoxy) is 3. The molecule has 0 aromatic rings. The molecule has 1 fully saturated rings. The number of esters is 3. The third-order valence-electron chi connectivity index (χ3n) is 5.78. The first-order valence-electron chi connectivity index (χ1n) is 14.3. The van der Waals surface area contributed by atoms with Crippen LogP contribution in [0.3, 0.4) is 0 Å². The minimum Gasteiger partial charge on any atom is -0.459 e. The quantitative estimate of drug-likeness (QED) is 0.132. The monoisotopic (exact) mass is 586 g/mol. The van der Waals surface area contributed by atoms with Crippen molar-refractivity contribution in [3.8, 4) is 0 Å². The fraction of sp³-hybridized carbons (Fsp3) is 0.857. The Morgan fingerprint density at radius 3 is 0.927 bits per heavy atom. The molecule has 0 radical (unpaired) electrons. The smallest absolute Gasteiger partial charge is 0.320 e. The number of rotatable bonds is 8. The summed E-state index contributed by atoms with van der Waals surface area (Å²) in [6.45, 7) is 20.5. The van der Waals surface area contributed by atoms with Gasteiger partial charge in [0.15, 0.2) is 0 Å². The van der Waals surface area contributed by atoms with Crippen LogP contribution in [0, 0.1) is 0 Å². The lowest BCUT2D eigenvalue weighted by atomic mass is 10.2. The fourth-order valence-corrected chi connectivity index (χ4v) is 4.13. The topological polar surface area (TPSA) is 147 Å². The van der Waals surface area contributed by atoms with Gasteiger partial charge in [0.1, 0.15) is 16.8 Å². The van der Waals surface area contributed by atoms with Crippen molar-refractivity contribution in [2.75, 3.05) is 78.5 Å². The van der Waals surface area contributed by atoms with Crippen molar-refractivity contribution in [2.24, 2.45) is 5.84 Å². The average molecular weight is 587 g/mol. The number of nitrogens with zero attached hydrogens (tertiary/aromatic N) is 4. The van der Waals surface area contributed by atoms with Crippen molar-refractivity contribution in [2.45, 2.75) is 79.1 Å². The maximum Gasteiger partial charge on any atom is 0.320 e. The first-order valence-corrected chi connectivity index (χ1v) is 14.3. The van der Waals surface area contributed by atoms with Gasteiger partial charge in [-0.05, 0) is 62.3 Å². The second-order valence-corrected chi connectivity index (χ2v) is 13.4. The first kappa shape index (κ1) is 36.7. The molecule has 1 rings (SSSR count). The molecular weight excluding hydrogens is 532 g/mol. The highest BCUT2D eigenvalue weighted by molar-refractivity contribution is 5.77. The van der Waals surface area contributed by atoms with E-state index in [0.29, 0.717) is 52.4 Å². The number of hydrazine groups is 1. The van der Waals surface area contributed by atoms with E-state index < -0.39 is 16.8 Å². The summed E-state index contributed by atoms with van der Waals surface area (Å²) in [5.74, 6) is 3.97. The van der Waals surface area contributed by atoms with Gasteiger partial charge >= 0.3 is 17.9 Å². The Balaban J connectivity index is 3.16. The molecule has 0 aromatic heterocycles. The zero-order chi connectivity index (χ0) is 31.4. The Hall–Kier alpha value is -2.32. The number of carbonyl (C=O) groups is 4. The minimum absolute atomic E-state index is 0.0687. The van der Waals surface area contributed by atoms with E-state index in [1.807, 2.05) is 81.9 Å². The summed E-state index contributed by atoms with van der Waals surface area (Å²) in [5.41, 5.74) is 0.322. The highest BCUT2D eigenvalue weighted by Gasteiger charge is 2.25. The normalized spacial score (nSPS) is 18.1. The van der Waals surface area contributed by atoms with Crippen LogP contribution in [-0.4, -0.2) is 139 Å².